The second kappa shape index (κ2) is 5.09. The van der Waals surface area contributed by atoms with Crippen molar-refractivity contribution in [3.05, 3.63) is 83.4 Å². The Morgan fingerprint density at radius 1 is 0.609 bits per heavy atom. The molecule has 0 aliphatic heterocycles. The molecule has 1 aliphatic rings. The molecule has 0 unspecified atom stereocenters. The second-order valence-corrected chi connectivity index (χ2v) is 7.46. The summed E-state index contributed by atoms with van der Waals surface area (Å²) in [6, 6.07) is 24.3. The first-order chi connectivity index (χ1) is 11.1. The van der Waals surface area contributed by atoms with E-state index in [2.05, 4.69) is 87.5 Å². The van der Waals surface area contributed by atoms with Crippen LogP contribution in [0.4, 0.5) is 0 Å². The van der Waals surface area contributed by atoms with E-state index in [0.29, 0.717) is 0 Å². The highest BCUT2D eigenvalue weighted by Crippen LogP contribution is 2.44. The summed E-state index contributed by atoms with van der Waals surface area (Å²) in [4.78, 5) is 0. The minimum Gasteiger partial charge on any atom is -0.0622 e. The quantitative estimate of drug-likeness (QED) is 0.391. The molecule has 0 heteroatoms. The van der Waals surface area contributed by atoms with E-state index in [-0.39, 0.29) is 5.41 Å². The van der Waals surface area contributed by atoms with Gasteiger partial charge in [0.05, 0.1) is 0 Å². The van der Waals surface area contributed by atoms with Crippen LogP contribution in [0.25, 0.3) is 22.3 Å². The summed E-state index contributed by atoms with van der Waals surface area (Å²) in [5, 5.41) is 0. The smallest absolute Gasteiger partial charge is 0.000434 e. The minimum atomic E-state index is 0.181. The Hall–Kier alpha value is -2.34. The highest BCUT2D eigenvalue weighted by Gasteiger charge is 2.27. The monoisotopic (exact) mass is 298 g/mol. The summed E-state index contributed by atoms with van der Waals surface area (Å²) >= 11 is 0. The lowest BCUT2D eigenvalue weighted by atomic mass is 9.82. The maximum absolute atomic E-state index is 2.31. The van der Waals surface area contributed by atoms with Crippen LogP contribution in [0.3, 0.4) is 0 Å². The predicted octanol–water partition coefficient (Wildman–Crippen LogP) is 6.22. The Labute approximate surface area is 138 Å². The molecular weight excluding hydrogens is 276 g/mol. The molecule has 0 heterocycles. The molecule has 3 aromatic carbocycles. The first-order valence-electron chi connectivity index (χ1n) is 8.36. The van der Waals surface area contributed by atoms with Gasteiger partial charge in [-0.3, -0.25) is 0 Å². The average Bonchev–Trinajstić information content (AvgIpc) is 2.93. The molecule has 3 aromatic rings. The zero-order valence-corrected chi connectivity index (χ0v) is 14.1. The molecule has 1 aliphatic carbocycles. The number of hydrogen-bond donors (Lipinski definition) is 0. The van der Waals surface area contributed by atoms with E-state index in [0.717, 1.165) is 6.42 Å². The normalized spacial score (nSPS) is 12.8. The lowest BCUT2D eigenvalue weighted by molar-refractivity contribution is 0.585. The lowest BCUT2D eigenvalue weighted by Gasteiger charge is -2.22. The molecule has 0 saturated heterocycles. The average molecular weight is 298 g/mol. The SMILES string of the molecule is CC(C)(C)c1cccc2c1Cc1c(-c3ccccc3)cccc1-2. The topological polar surface area (TPSA) is 0 Å². The molecule has 114 valence electrons. The van der Waals surface area contributed by atoms with Gasteiger partial charge >= 0.3 is 0 Å². The van der Waals surface area contributed by atoms with Crippen LogP contribution in [0.2, 0.25) is 0 Å². The molecule has 0 saturated carbocycles. The van der Waals surface area contributed by atoms with Gasteiger partial charge in [0.2, 0.25) is 0 Å². The molecular formula is C23H22. The van der Waals surface area contributed by atoms with Gasteiger partial charge in [0, 0.05) is 0 Å². The third-order valence-electron chi connectivity index (χ3n) is 4.89. The van der Waals surface area contributed by atoms with E-state index in [1.807, 2.05) is 0 Å². The minimum absolute atomic E-state index is 0.181. The van der Waals surface area contributed by atoms with E-state index in [1.165, 1.54) is 38.9 Å². The first kappa shape index (κ1) is 14.3. The summed E-state index contributed by atoms with van der Waals surface area (Å²) in [5.74, 6) is 0. The molecule has 23 heavy (non-hydrogen) atoms. The zero-order chi connectivity index (χ0) is 16.0. The van der Waals surface area contributed by atoms with E-state index in [9.17, 15) is 0 Å². The summed E-state index contributed by atoms with van der Waals surface area (Å²) < 4.78 is 0. The third kappa shape index (κ3) is 2.30. The van der Waals surface area contributed by atoms with Crippen molar-refractivity contribution < 1.29 is 0 Å². The third-order valence-corrected chi connectivity index (χ3v) is 4.89. The molecule has 0 spiro atoms. The molecule has 0 nitrogen and oxygen atoms in total. The van der Waals surface area contributed by atoms with Crippen LogP contribution in [0.1, 0.15) is 37.5 Å². The summed E-state index contributed by atoms with van der Waals surface area (Å²) in [6.45, 7) is 6.93. The fourth-order valence-electron chi connectivity index (χ4n) is 3.83. The van der Waals surface area contributed by atoms with Crippen molar-refractivity contribution in [2.45, 2.75) is 32.6 Å². The van der Waals surface area contributed by atoms with E-state index in [1.54, 1.807) is 0 Å². The Morgan fingerprint density at radius 3 is 1.91 bits per heavy atom. The summed E-state index contributed by atoms with van der Waals surface area (Å²) in [6.07, 6.45) is 1.04. The molecule has 0 aromatic heterocycles. The molecule has 0 fully saturated rings. The van der Waals surface area contributed by atoms with Crippen LogP contribution in [0, 0.1) is 0 Å². The van der Waals surface area contributed by atoms with Gasteiger partial charge in [-0.25, -0.2) is 0 Å². The van der Waals surface area contributed by atoms with E-state index < -0.39 is 0 Å². The van der Waals surface area contributed by atoms with Crippen molar-refractivity contribution in [3.63, 3.8) is 0 Å². The molecule has 0 amide bonds. The van der Waals surface area contributed by atoms with Crippen molar-refractivity contribution >= 4 is 0 Å². The van der Waals surface area contributed by atoms with Crippen LogP contribution in [0.15, 0.2) is 66.7 Å². The van der Waals surface area contributed by atoms with Gasteiger partial charge < -0.3 is 0 Å². The van der Waals surface area contributed by atoms with Crippen LogP contribution in [0.5, 0.6) is 0 Å². The van der Waals surface area contributed by atoms with Gasteiger partial charge in [-0.1, -0.05) is 87.5 Å². The van der Waals surface area contributed by atoms with Gasteiger partial charge in [0.15, 0.2) is 0 Å². The highest BCUT2D eigenvalue weighted by molar-refractivity contribution is 5.85. The number of rotatable bonds is 1. The van der Waals surface area contributed by atoms with Crippen molar-refractivity contribution in [2.24, 2.45) is 0 Å². The fraction of sp³-hybridized carbons (Fsp3) is 0.217. The summed E-state index contributed by atoms with van der Waals surface area (Å²) in [7, 11) is 0. The van der Waals surface area contributed by atoms with Gasteiger partial charge in [0.25, 0.3) is 0 Å². The largest absolute Gasteiger partial charge is 0.0622 e. The van der Waals surface area contributed by atoms with Gasteiger partial charge in [-0.15, -0.1) is 0 Å². The number of hydrogen-bond acceptors (Lipinski definition) is 0. The van der Waals surface area contributed by atoms with E-state index in [4.69, 9.17) is 0 Å². The fourth-order valence-corrected chi connectivity index (χ4v) is 3.83. The van der Waals surface area contributed by atoms with Gasteiger partial charge in [0.1, 0.15) is 0 Å². The standard InChI is InChI=1S/C23H22/c1-23(2,3)22-14-8-13-19-18-12-7-11-17(20(18)15-21(19)22)16-9-5-4-6-10-16/h4-14H,15H2,1-3H3. The van der Waals surface area contributed by atoms with Gasteiger partial charge in [-0.2, -0.15) is 0 Å². The summed E-state index contributed by atoms with van der Waals surface area (Å²) in [5.41, 5.74) is 10.2. The van der Waals surface area contributed by atoms with Crippen LogP contribution < -0.4 is 0 Å². The predicted molar refractivity (Wildman–Crippen MR) is 98.8 cm³/mol. The van der Waals surface area contributed by atoms with Crippen LogP contribution >= 0.6 is 0 Å². The van der Waals surface area contributed by atoms with Crippen molar-refractivity contribution in [3.8, 4) is 22.3 Å². The Balaban J connectivity index is 1.92. The lowest BCUT2D eigenvalue weighted by Crippen LogP contribution is -2.13. The molecule has 0 radical (unpaired) electrons. The van der Waals surface area contributed by atoms with Crippen LogP contribution in [-0.4, -0.2) is 0 Å². The van der Waals surface area contributed by atoms with Gasteiger partial charge in [-0.05, 0) is 50.8 Å². The Morgan fingerprint density at radius 2 is 1.22 bits per heavy atom. The number of benzene rings is 3. The van der Waals surface area contributed by atoms with Crippen molar-refractivity contribution in [1.29, 1.82) is 0 Å². The van der Waals surface area contributed by atoms with Crippen molar-refractivity contribution in [1.82, 2.24) is 0 Å². The molecule has 4 rings (SSSR count). The zero-order valence-electron chi connectivity index (χ0n) is 14.1. The first-order valence-corrected chi connectivity index (χ1v) is 8.36. The maximum atomic E-state index is 2.31. The highest BCUT2D eigenvalue weighted by atomic mass is 14.3. The molecule has 0 atom stereocenters. The Bertz CT molecular complexity index is 864. The Kier molecular flexibility index (Phi) is 3.16. The molecule has 0 N–H and O–H groups in total. The molecule has 0 bridgehead atoms. The van der Waals surface area contributed by atoms with Crippen LogP contribution in [-0.2, 0) is 11.8 Å². The van der Waals surface area contributed by atoms with E-state index >= 15 is 0 Å². The second-order valence-electron chi connectivity index (χ2n) is 7.46. The number of fused-ring (bicyclic) bond motifs is 3. The maximum Gasteiger partial charge on any atom is -0.000434 e. The van der Waals surface area contributed by atoms with Crippen molar-refractivity contribution in [2.75, 3.05) is 0 Å².